The summed E-state index contributed by atoms with van der Waals surface area (Å²) in [5, 5.41) is 14.8. The van der Waals surface area contributed by atoms with Crippen LogP contribution in [0.1, 0.15) is 16.1 Å². The second kappa shape index (κ2) is 5.42. The lowest BCUT2D eigenvalue weighted by molar-refractivity contribution is -0.384. The van der Waals surface area contributed by atoms with Crippen molar-refractivity contribution in [3.63, 3.8) is 0 Å². The van der Waals surface area contributed by atoms with Gasteiger partial charge >= 0.3 is 0 Å². The minimum Gasteiger partial charge on any atom is -0.337 e. The topological polar surface area (TPSA) is 75.5 Å². The molecule has 1 aliphatic heterocycles. The lowest BCUT2D eigenvalue weighted by Gasteiger charge is -2.22. The molecule has 2 heterocycles. The number of nitrogens with one attached hydrogen (secondary N) is 1. The number of nitro benzene ring substituents is 1. The smallest absolute Gasteiger partial charge is 0.270 e. The van der Waals surface area contributed by atoms with Crippen molar-refractivity contribution >= 4 is 33.0 Å². The molecule has 6 nitrogen and oxygen atoms in total. The summed E-state index contributed by atoms with van der Waals surface area (Å²) in [7, 11) is 1.81. The molecule has 0 spiro atoms. The summed E-state index contributed by atoms with van der Waals surface area (Å²) in [4.78, 5) is 25.3. The number of benzene rings is 1. The van der Waals surface area contributed by atoms with Gasteiger partial charge in [0.25, 0.3) is 11.6 Å². The molecule has 7 heteroatoms. The highest BCUT2D eigenvalue weighted by Crippen LogP contribution is 2.30. The fraction of sp³-hybridized carbons (Fsp3) is 0.357. The van der Waals surface area contributed by atoms with Gasteiger partial charge in [0.05, 0.1) is 9.80 Å². The van der Waals surface area contributed by atoms with E-state index in [-0.39, 0.29) is 17.6 Å². The van der Waals surface area contributed by atoms with Crippen LogP contribution < -0.4 is 5.32 Å². The average Bonchev–Trinajstić information content (AvgIpc) is 3.13. The van der Waals surface area contributed by atoms with Gasteiger partial charge in [0, 0.05) is 41.9 Å². The summed E-state index contributed by atoms with van der Waals surface area (Å²) < 4.78 is 0.891. The third-order valence-corrected chi connectivity index (χ3v) is 4.93. The number of likely N-dealkylation sites (N-methyl/N-ethyl adjacent to an activating group) is 1. The first-order valence-electron chi connectivity index (χ1n) is 6.72. The van der Waals surface area contributed by atoms with Crippen LogP contribution in [0.25, 0.3) is 10.1 Å². The molecule has 1 aromatic heterocycles. The molecular formula is C14H15N3O3S. The fourth-order valence-electron chi connectivity index (χ4n) is 2.56. The first kappa shape index (κ1) is 14.0. The SMILES string of the molecule is CN(C(=O)c1cc2cc([N+](=O)[O-])ccc2s1)C1CCNC1. The summed E-state index contributed by atoms with van der Waals surface area (Å²) >= 11 is 1.38. The van der Waals surface area contributed by atoms with Crippen LogP contribution in [-0.4, -0.2) is 41.9 Å². The maximum atomic E-state index is 12.5. The summed E-state index contributed by atoms with van der Waals surface area (Å²) in [5.41, 5.74) is 0.0487. The van der Waals surface area contributed by atoms with Crippen LogP contribution >= 0.6 is 11.3 Å². The number of non-ortho nitro benzene ring substituents is 1. The van der Waals surface area contributed by atoms with Gasteiger partial charge in [0.15, 0.2) is 0 Å². The summed E-state index contributed by atoms with van der Waals surface area (Å²) in [6, 6.07) is 6.65. The Kier molecular flexibility index (Phi) is 3.60. The van der Waals surface area contributed by atoms with E-state index in [0.29, 0.717) is 4.88 Å². The minimum absolute atomic E-state index is 0.0208. The Morgan fingerprint density at radius 2 is 2.29 bits per heavy atom. The van der Waals surface area contributed by atoms with Gasteiger partial charge in [-0.05, 0) is 25.1 Å². The number of carbonyl (C=O) groups is 1. The Hall–Kier alpha value is -1.99. The molecule has 1 N–H and O–H groups in total. The van der Waals surface area contributed by atoms with Gasteiger partial charge in [-0.2, -0.15) is 0 Å². The zero-order valence-corrected chi connectivity index (χ0v) is 12.4. The van der Waals surface area contributed by atoms with E-state index in [2.05, 4.69) is 5.32 Å². The van der Waals surface area contributed by atoms with Crippen molar-refractivity contribution in [1.82, 2.24) is 10.2 Å². The van der Waals surface area contributed by atoms with E-state index in [0.717, 1.165) is 29.6 Å². The van der Waals surface area contributed by atoms with Gasteiger partial charge in [0.1, 0.15) is 0 Å². The van der Waals surface area contributed by atoms with Crippen LogP contribution in [0.2, 0.25) is 0 Å². The molecular weight excluding hydrogens is 290 g/mol. The maximum absolute atomic E-state index is 12.5. The lowest BCUT2D eigenvalue weighted by Crippen LogP contribution is -2.37. The molecule has 21 heavy (non-hydrogen) atoms. The van der Waals surface area contributed by atoms with E-state index in [1.54, 1.807) is 17.0 Å². The molecule has 2 aromatic rings. The van der Waals surface area contributed by atoms with Gasteiger partial charge < -0.3 is 10.2 Å². The van der Waals surface area contributed by atoms with Crippen molar-refractivity contribution in [2.24, 2.45) is 0 Å². The van der Waals surface area contributed by atoms with Crippen molar-refractivity contribution in [2.45, 2.75) is 12.5 Å². The van der Waals surface area contributed by atoms with Crippen molar-refractivity contribution in [1.29, 1.82) is 0 Å². The van der Waals surface area contributed by atoms with Crippen molar-refractivity contribution in [3.05, 3.63) is 39.3 Å². The first-order chi connectivity index (χ1) is 10.1. The Bertz CT molecular complexity index is 707. The molecule has 1 saturated heterocycles. The highest BCUT2D eigenvalue weighted by molar-refractivity contribution is 7.20. The summed E-state index contributed by atoms with van der Waals surface area (Å²) in [6.45, 7) is 1.75. The quantitative estimate of drug-likeness (QED) is 0.697. The number of carbonyl (C=O) groups excluding carboxylic acids is 1. The second-order valence-electron chi connectivity index (χ2n) is 5.15. The van der Waals surface area contributed by atoms with Crippen LogP contribution in [0.4, 0.5) is 5.69 Å². The van der Waals surface area contributed by atoms with Crippen molar-refractivity contribution in [2.75, 3.05) is 20.1 Å². The normalized spacial score (nSPS) is 18.0. The van der Waals surface area contributed by atoms with E-state index < -0.39 is 4.92 Å². The number of rotatable bonds is 3. The first-order valence-corrected chi connectivity index (χ1v) is 7.54. The van der Waals surface area contributed by atoms with Gasteiger partial charge in [0.2, 0.25) is 0 Å². The predicted octanol–water partition coefficient (Wildman–Crippen LogP) is 2.24. The summed E-state index contributed by atoms with van der Waals surface area (Å²) in [5.74, 6) is -0.0208. The molecule has 0 aliphatic carbocycles. The minimum atomic E-state index is -0.422. The van der Waals surface area contributed by atoms with Gasteiger partial charge in [-0.25, -0.2) is 0 Å². The molecule has 0 bridgehead atoms. The molecule has 1 amide bonds. The molecule has 1 fully saturated rings. The third kappa shape index (κ3) is 2.62. The molecule has 1 unspecified atom stereocenters. The predicted molar refractivity (Wildman–Crippen MR) is 81.8 cm³/mol. The van der Waals surface area contributed by atoms with E-state index in [1.807, 2.05) is 7.05 Å². The van der Waals surface area contributed by atoms with Crippen LogP contribution in [0, 0.1) is 10.1 Å². The second-order valence-corrected chi connectivity index (χ2v) is 6.24. The number of amides is 1. The van der Waals surface area contributed by atoms with Crippen LogP contribution in [0.5, 0.6) is 0 Å². The lowest BCUT2D eigenvalue weighted by atomic mass is 10.2. The Balaban J connectivity index is 1.89. The van der Waals surface area contributed by atoms with Crippen LogP contribution in [0.15, 0.2) is 24.3 Å². The van der Waals surface area contributed by atoms with E-state index in [9.17, 15) is 14.9 Å². The molecule has 110 valence electrons. The van der Waals surface area contributed by atoms with Crippen molar-refractivity contribution < 1.29 is 9.72 Å². The Morgan fingerprint density at radius 3 is 2.95 bits per heavy atom. The molecule has 3 rings (SSSR count). The van der Waals surface area contributed by atoms with E-state index in [1.165, 1.54) is 23.5 Å². The monoisotopic (exact) mass is 305 g/mol. The fourth-order valence-corrected chi connectivity index (χ4v) is 3.59. The maximum Gasteiger partial charge on any atom is 0.270 e. The molecule has 1 aliphatic rings. The van der Waals surface area contributed by atoms with Crippen LogP contribution in [0.3, 0.4) is 0 Å². The standard InChI is InChI=1S/C14H15N3O3S/c1-16(11-4-5-15-8-11)14(18)13-7-9-6-10(17(19)20)2-3-12(9)21-13/h2-3,6-7,11,15H,4-5,8H2,1H3. The Labute approximate surface area is 125 Å². The molecule has 0 saturated carbocycles. The Morgan fingerprint density at radius 1 is 1.48 bits per heavy atom. The number of hydrogen-bond donors (Lipinski definition) is 1. The van der Waals surface area contributed by atoms with Gasteiger partial charge in [-0.3, -0.25) is 14.9 Å². The molecule has 0 radical (unpaired) electrons. The number of thiophene rings is 1. The average molecular weight is 305 g/mol. The van der Waals surface area contributed by atoms with Gasteiger partial charge in [-0.1, -0.05) is 0 Å². The largest absolute Gasteiger partial charge is 0.337 e. The zero-order valence-electron chi connectivity index (χ0n) is 11.5. The third-order valence-electron chi connectivity index (χ3n) is 3.82. The van der Waals surface area contributed by atoms with E-state index >= 15 is 0 Å². The number of nitro groups is 1. The zero-order chi connectivity index (χ0) is 15.0. The van der Waals surface area contributed by atoms with E-state index in [4.69, 9.17) is 0 Å². The molecule has 1 aromatic carbocycles. The van der Waals surface area contributed by atoms with Gasteiger partial charge in [-0.15, -0.1) is 11.3 Å². The summed E-state index contributed by atoms with van der Waals surface area (Å²) in [6.07, 6.45) is 0.957. The highest BCUT2D eigenvalue weighted by atomic mass is 32.1. The van der Waals surface area contributed by atoms with Crippen molar-refractivity contribution in [3.8, 4) is 0 Å². The number of hydrogen-bond acceptors (Lipinski definition) is 5. The number of nitrogens with zero attached hydrogens (tertiary/aromatic N) is 2. The molecule has 1 atom stereocenters. The highest BCUT2D eigenvalue weighted by Gasteiger charge is 2.25. The number of fused-ring (bicyclic) bond motifs is 1. The van der Waals surface area contributed by atoms with Crippen LogP contribution in [-0.2, 0) is 0 Å².